The van der Waals surface area contributed by atoms with E-state index in [0.29, 0.717) is 23.7 Å². The molecule has 0 bridgehead atoms. The van der Waals surface area contributed by atoms with Crippen molar-refractivity contribution in [1.82, 2.24) is 15.1 Å². The van der Waals surface area contributed by atoms with E-state index in [-0.39, 0.29) is 5.91 Å². The molecule has 0 saturated carbocycles. The number of benzene rings is 1. The van der Waals surface area contributed by atoms with Gasteiger partial charge in [-0.05, 0) is 38.1 Å². The van der Waals surface area contributed by atoms with Crippen LogP contribution in [-0.2, 0) is 0 Å². The fourth-order valence-electron chi connectivity index (χ4n) is 3.15. The number of amides is 1. The van der Waals surface area contributed by atoms with E-state index in [1.165, 1.54) is 0 Å². The molecule has 1 saturated heterocycles. The molecule has 0 aliphatic carbocycles. The summed E-state index contributed by atoms with van der Waals surface area (Å²) in [7, 11) is 0. The average Bonchev–Trinajstić information content (AvgIpc) is 2.69. The Morgan fingerprint density at radius 2 is 1.73 bits per heavy atom. The van der Waals surface area contributed by atoms with Crippen molar-refractivity contribution in [2.24, 2.45) is 0 Å². The lowest BCUT2D eigenvalue weighted by Crippen LogP contribution is -2.49. The Balaban J connectivity index is 1.62. The lowest BCUT2D eigenvalue weighted by molar-refractivity contribution is 0.0746. The van der Waals surface area contributed by atoms with Crippen molar-refractivity contribution in [2.45, 2.75) is 13.8 Å². The summed E-state index contributed by atoms with van der Waals surface area (Å²) in [6, 6.07) is 11.2. The maximum atomic E-state index is 12.6. The Morgan fingerprint density at radius 3 is 2.31 bits per heavy atom. The maximum Gasteiger partial charge on any atom is 0.255 e. The van der Waals surface area contributed by atoms with Crippen molar-refractivity contribution in [3.8, 4) is 0 Å². The van der Waals surface area contributed by atoms with Crippen molar-refractivity contribution < 1.29 is 4.79 Å². The highest BCUT2D eigenvalue weighted by atomic mass is 35.5. The summed E-state index contributed by atoms with van der Waals surface area (Å²) < 4.78 is 0. The predicted octanol–water partition coefficient (Wildman–Crippen LogP) is 2.94. The van der Waals surface area contributed by atoms with Crippen molar-refractivity contribution >= 4 is 29.1 Å². The molecule has 7 heteroatoms. The second-order valence-corrected chi connectivity index (χ2v) is 6.59. The van der Waals surface area contributed by atoms with Gasteiger partial charge in [0, 0.05) is 39.3 Å². The van der Waals surface area contributed by atoms with Crippen LogP contribution in [0, 0.1) is 0 Å². The molecule has 0 spiro atoms. The highest BCUT2D eigenvalue weighted by Gasteiger charge is 2.24. The number of nitrogens with zero attached hydrogens (tertiary/aromatic N) is 5. The van der Waals surface area contributed by atoms with E-state index in [0.717, 1.165) is 37.8 Å². The molecule has 2 aromatic rings. The number of halogens is 1. The minimum absolute atomic E-state index is 0.0155. The highest BCUT2D eigenvalue weighted by Crippen LogP contribution is 2.20. The SMILES string of the molecule is CCN(CC)c1ccc(N2CCN(C(=O)c3ccccc3Cl)CC2)nn1. The second kappa shape index (κ2) is 8.36. The maximum absolute atomic E-state index is 12.6. The van der Waals surface area contributed by atoms with E-state index in [2.05, 4.69) is 33.8 Å². The minimum atomic E-state index is -0.0155. The summed E-state index contributed by atoms with van der Waals surface area (Å²) in [5.74, 6) is 1.73. The molecule has 0 radical (unpaired) electrons. The first-order valence-electron chi connectivity index (χ1n) is 9.01. The van der Waals surface area contributed by atoms with Gasteiger partial charge in [-0.3, -0.25) is 4.79 Å². The van der Waals surface area contributed by atoms with Gasteiger partial charge in [-0.15, -0.1) is 10.2 Å². The van der Waals surface area contributed by atoms with E-state index in [1.54, 1.807) is 12.1 Å². The third kappa shape index (κ3) is 3.90. The topological polar surface area (TPSA) is 52.6 Å². The Morgan fingerprint density at radius 1 is 1.04 bits per heavy atom. The molecule has 1 aliphatic heterocycles. The van der Waals surface area contributed by atoms with Gasteiger partial charge < -0.3 is 14.7 Å². The molecule has 6 nitrogen and oxygen atoms in total. The van der Waals surface area contributed by atoms with Gasteiger partial charge in [0.2, 0.25) is 0 Å². The first kappa shape index (κ1) is 18.5. The molecule has 1 aliphatic rings. The smallest absolute Gasteiger partial charge is 0.255 e. The Hall–Kier alpha value is -2.34. The van der Waals surface area contributed by atoms with Crippen LogP contribution in [0.4, 0.5) is 11.6 Å². The molecule has 0 atom stereocenters. The Labute approximate surface area is 159 Å². The van der Waals surface area contributed by atoms with Crippen LogP contribution in [0.2, 0.25) is 5.02 Å². The number of rotatable bonds is 5. The van der Waals surface area contributed by atoms with Crippen molar-refractivity contribution in [2.75, 3.05) is 49.1 Å². The van der Waals surface area contributed by atoms with Gasteiger partial charge in [0.05, 0.1) is 10.6 Å². The zero-order valence-corrected chi connectivity index (χ0v) is 16.0. The number of carbonyl (C=O) groups is 1. The molecule has 1 aromatic heterocycles. The van der Waals surface area contributed by atoms with Crippen LogP contribution >= 0.6 is 11.6 Å². The monoisotopic (exact) mass is 373 g/mol. The molecule has 2 heterocycles. The van der Waals surface area contributed by atoms with Crippen molar-refractivity contribution in [3.05, 3.63) is 47.0 Å². The average molecular weight is 374 g/mol. The molecule has 1 fully saturated rings. The largest absolute Gasteiger partial charge is 0.356 e. The summed E-state index contributed by atoms with van der Waals surface area (Å²) >= 11 is 6.15. The molecule has 3 rings (SSSR count). The molecule has 138 valence electrons. The summed E-state index contributed by atoms with van der Waals surface area (Å²) in [6.07, 6.45) is 0. The number of hydrogen-bond donors (Lipinski definition) is 0. The predicted molar refractivity (Wildman–Crippen MR) is 105 cm³/mol. The fourth-order valence-corrected chi connectivity index (χ4v) is 3.36. The van der Waals surface area contributed by atoms with Crippen LogP contribution < -0.4 is 9.80 Å². The van der Waals surface area contributed by atoms with E-state index in [9.17, 15) is 4.79 Å². The van der Waals surface area contributed by atoms with Gasteiger partial charge >= 0.3 is 0 Å². The normalized spacial score (nSPS) is 14.4. The lowest BCUT2D eigenvalue weighted by atomic mass is 10.2. The van der Waals surface area contributed by atoms with Crippen LogP contribution in [0.3, 0.4) is 0 Å². The van der Waals surface area contributed by atoms with Crippen molar-refractivity contribution in [1.29, 1.82) is 0 Å². The third-order valence-corrected chi connectivity index (χ3v) is 5.05. The Kier molecular flexibility index (Phi) is 5.93. The highest BCUT2D eigenvalue weighted by molar-refractivity contribution is 6.33. The van der Waals surface area contributed by atoms with E-state index >= 15 is 0 Å². The summed E-state index contributed by atoms with van der Waals surface area (Å²) in [5.41, 5.74) is 0.561. The number of carbonyl (C=O) groups excluding carboxylic acids is 1. The van der Waals surface area contributed by atoms with Gasteiger partial charge in [0.15, 0.2) is 11.6 Å². The quantitative estimate of drug-likeness (QED) is 0.806. The summed E-state index contributed by atoms with van der Waals surface area (Å²) in [5, 5.41) is 9.21. The van der Waals surface area contributed by atoms with Crippen molar-refractivity contribution in [3.63, 3.8) is 0 Å². The lowest BCUT2D eigenvalue weighted by Gasteiger charge is -2.35. The zero-order chi connectivity index (χ0) is 18.5. The van der Waals surface area contributed by atoms with Gasteiger partial charge in [-0.2, -0.15) is 0 Å². The molecule has 26 heavy (non-hydrogen) atoms. The van der Waals surface area contributed by atoms with Gasteiger partial charge in [0.25, 0.3) is 5.91 Å². The summed E-state index contributed by atoms with van der Waals surface area (Å²) in [4.78, 5) is 18.8. The van der Waals surface area contributed by atoms with Crippen LogP contribution in [-0.4, -0.2) is 60.3 Å². The molecule has 1 aromatic carbocycles. The van der Waals surface area contributed by atoms with E-state index < -0.39 is 0 Å². The van der Waals surface area contributed by atoms with Gasteiger partial charge in [-0.1, -0.05) is 23.7 Å². The number of anilines is 2. The molecule has 0 unspecified atom stereocenters. The minimum Gasteiger partial charge on any atom is -0.356 e. The summed E-state index contributed by atoms with van der Waals surface area (Å²) in [6.45, 7) is 8.78. The second-order valence-electron chi connectivity index (χ2n) is 6.18. The van der Waals surface area contributed by atoms with Crippen LogP contribution in [0.25, 0.3) is 0 Å². The number of aromatic nitrogens is 2. The number of hydrogen-bond acceptors (Lipinski definition) is 5. The first-order valence-corrected chi connectivity index (χ1v) is 9.39. The molecule has 1 amide bonds. The first-order chi connectivity index (χ1) is 12.6. The van der Waals surface area contributed by atoms with E-state index in [1.807, 2.05) is 29.2 Å². The van der Waals surface area contributed by atoms with Crippen LogP contribution in [0.15, 0.2) is 36.4 Å². The van der Waals surface area contributed by atoms with Gasteiger partial charge in [0.1, 0.15) is 0 Å². The van der Waals surface area contributed by atoms with Crippen LogP contribution in [0.1, 0.15) is 24.2 Å². The molecule has 0 N–H and O–H groups in total. The zero-order valence-electron chi connectivity index (χ0n) is 15.2. The standard InChI is InChI=1S/C19H24ClN5O/c1-3-23(4-2)17-9-10-18(22-21-17)24-11-13-25(14-12-24)19(26)15-7-5-6-8-16(15)20/h5-10H,3-4,11-14H2,1-2H3. The Bertz CT molecular complexity index is 740. The molecular formula is C19H24ClN5O. The molecular weight excluding hydrogens is 350 g/mol. The third-order valence-electron chi connectivity index (χ3n) is 4.72. The number of piperazine rings is 1. The van der Waals surface area contributed by atoms with E-state index in [4.69, 9.17) is 11.6 Å². The van der Waals surface area contributed by atoms with Crippen LogP contribution in [0.5, 0.6) is 0 Å². The van der Waals surface area contributed by atoms with Gasteiger partial charge in [-0.25, -0.2) is 0 Å². The fraction of sp³-hybridized carbons (Fsp3) is 0.421.